The zero-order valence-electron chi connectivity index (χ0n) is 10.9. The van der Waals surface area contributed by atoms with Crippen LogP contribution in [0.5, 0.6) is 5.88 Å². The first-order valence-corrected chi connectivity index (χ1v) is 6.02. The maximum absolute atomic E-state index is 12.0. The van der Waals surface area contributed by atoms with Gasteiger partial charge in [-0.1, -0.05) is 12.1 Å². The second-order valence-electron chi connectivity index (χ2n) is 4.00. The van der Waals surface area contributed by atoms with Crippen LogP contribution in [0, 0.1) is 6.92 Å². The number of nitrogens with zero attached hydrogens (tertiary/aromatic N) is 2. The molecule has 0 saturated heterocycles. The Morgan fingerprint density at radius 2 is 2.16 bits per heavy atom. The summed E-state index contributed by atoms with van der Waals surface area (Å²) < 4.78 is 5.23. The number of ether oxygens (including phenoxy) is 1. The Kier molecular flexibility index (Phi) is 4.07. The molecule has 0 saturated carbocycles. The standard InChI is InChI=1S/C14H15N3O2/c1-3-19-13-8-12(15-9-16-13)14(18)17-11-6-4-5-10(2)7-11/h4-9H,3H2,1-2H3,(H,17,18). The Morgan fingerprint density at radius 1 is 1.32 bits per heavy atom. The molecule has 98 valence electrons. The highest BCUT2D eigenvalue weighted by molar-refractivity contribution is 6.02. The van der Waals surface area contributed by atoms with Gasteiger partial charge in [0.15, 0.2) is 0 Å². The van der Waals surface area contributed by atoms with Crippen molar-refractivity contribution in [3.8, 4) is 5.88 Å². The van der Waals surface area contributed by atoms with E-state index in [-0.39, 0.29) is 11.6 Å². The van der Waals surface area contributed by atoms with Gasteiger partial charge in [0.1, 0.15) is 12.0 Å². The van der Waals surface area contributed by atoms with Gasteiger partial charge in [-0.15, -0.1) is 0 Å². The zero-order valence-corrected chi connectivity index (χ0v) is 10.9. The van der Waals surface area contributed by atoms with E-state index in [2.05, 4.69) is 15.3 Å². The van der Waals surface area contributed by atoms with Crippen molar-refractivity contribution in [1.82, 2.24) is 9.97 Å². The number of hydrogen-bond acceptors (Lipinski definition) is 4. The molecule has 1 N–H and O–H groups in total. The monoisotopic (exact) mass is 257 g/mol. The maximum atomic E-state index is 12.0. The predicted octanol–water partition coefficient (Wildman–Crippen LogP) is 2.44. The molecule has 5 nitrogen and oxygen atoms in total. The van der Waals surface area contributed by atoms with E-state index in [4.69, 9.17) is 4.74 Å². The number of aryl methyl sites for hydroxylation is 1. The Bertz CT molecular complexity index is 584. The van der Waals surface area contributed by atoms with Crippen molar-refractivity contribution < 1.29 is 9.53 Å². The van der Waals surface area contributed by atoms with E-state index in [1.807, 2.05) is 38.1 Å². The van der Waals surface area contributed by atoms with Gasteiger partial charge in [0.25, 0.3) is 5.91 Å². The van der Waals surface area contributed by atoms with Gasteiger partial charge in [-0.25, -0.2) is 9.97 Å². The lowest BCUT2D eigenvalue weighted by molar-refractivity contribution is 0.102. The van der Waals surface area contributed by atoms with Crippen LogP contribution < -0.4 is 10.1 Å². The first-order valence-electron chi connectivity index (χ1n) is 6.02. The van der Waals surface area contributed by atoms with Crippen LogP contribution in [0.3, 0.4) is 0 Å². The van der Waals surface area contributed by atoms with Crippen LogP contribution in [0.15, 0.2) is 36.7 Å². The van der Waals surface area contributed by atoms with Crippen molar-refractivity contribution in [2.24, 2.45) is 0 Å². The van der Waals surface area contributed by atoms with E-state index >= 15 is 0 Å². The molecule has 19 heavy (non-hydrogen) atoms. The number of amides is 1. The third-order valence-corrected chi connectivity index (χ3v) is 2.44. The predicted molar refractivity (Wildman–Crippen MR) is 72.3 cm³/mol. The van der Waals surface area contributed by atoms with Crippen molar-refractivity contribution >= 4 is 11.6 Å². The van der Waals surface area contributed by atoms with Crippen LogP contribution in [0.25, 0.3) is 0 Å². The van der Waals surface area contributed by atoms with Gasteiger partial charge in [-0.05, 0) is 31.5 Å². The van der Waals surface area contributed by atoms with Gasteiger partial charge in [-0.3, -0.25) is 4.79 Å². The molecule has 0 radical (unpaired) electrons. The van der Waals surface area contributed by atoms with Crippen molar-refractivity contribution in [2.45, 2.75) is 13.8 Å². The summed E-state index contributed by atoms with van der Waals surface area (Å²) in [5.74, 6) is 0.112. The molecule has 0 atom stereocenters. The molecule has 2 rings (SSSR count). The lowest BCUT2D eigenvalue weighted by atomic mass is 10.2. The van der Waals surface area contributed by atoms with Crippen molar-refractivity contribution in [1.29, 1.82) is 0 Å². The van der Waals surface area contributed by atoms with Crippen LogP contribution in [-0.4, -0.2) is 22.5 Å². The largest absolute Gasteiger partial charge is 0.478 e. The number of hydrogen-bond donors (Lipinski definition) is 1. The summed E-state index contributed by atoms with van der Waals surface area (Å²) in [4.78, 5) is 19.9. The summed E-state index contributed by atoms with van der Waals surface area (Å²) in [5.41, 5.74) is 2.09. The summed E-state index contributed by atoms with van der Waals surface area (Å²) in [7, 11) is 0. The molecule has 0 spiro atoms. The average molecular weight is 257 g/mol. The molecular weight excluding hydrogens is 242 g/mol. The number of carbonyl (C=O) groups excluding carboxylic acids is 1. The molecule has 1 heterocycles. The van der Waals surface area contributed by atoms with Crippen molar-refractivity contribution in [3.05, 3.63) is 47.9 Å². The number of aromatic nitrogens is 2. The molecule has 0 unspecified atom stereocenters. The summed E-state index contributed by atoms with van der Waals surface area (Å²) in [6.45, 7) is 4.32. The minimum atomic E-state index is -0.283. The lowest BCUT2D eigenvalue weighted by Gasteiger charge is -2.06. The molecular formula is C14H15N3O2. The maximum Gasteiger partial charge on any atom is 0.274 e. The molecule has 0 bridgehead atoms. The van der Waals surface area contributed by atoms with Crippen LogP contribution in [-0.2, 0) is 0 Å². The van der Waals surface area contributed by atoms with Gasteiger partial charge < -0.3 is 10.1 Å². The molecule has 1 amide bonds. The van der Waals surface area contributed by atoms with E-state index in [1.165, 1.54) is 12.4 Å². The van der Waals surface area contributed by atoms with E-state index in [0.29, 0.717) is 12.5 Å². The third kappa shape index (κ3) is 3.51. The summed E-state index contributed by atoms with van der Waals surface area (Å²) >= 11 is 0. The molecule has 0 aliphatic carbocycles. The summed E-state index contributed by atoms with van der Waals surface area (Å²) in [6.07, 6.45) is 1.32. The van der Waals surface area contributed by atoms with E-state index in [9.17, 15) is 4.79 Å². The Hall–Kier alpha value is -2.43. The molecule has 0 aliphatic rings. The number of benzene rings is 1. The molecule has 0 fully saturated rings. The highest BCUT2D eigenvalue weighted by atomic mass is 16.5. The quantitative estimate of drug-likeness (QED) is 0.913. The Morgan fingerprint density at radius 3 is 2.89 bits per heavy atom. The van der Waals surface area contributed by atoms with E-state index in [0.717, 1.165) is 11.3 Å². The molecule has 1 aromatic carbocycles. The molecule has 0 aliphatic heterocycles. The first-order chi connectivity index (χ1) is 9.19. The number of carbonyl (C=O) groups is 1. The summed E-state index contributed by atoms with van der Waals surface area (Å²) in [5, 5.41) is 2.78. The third-order valence-electron chi connectivity index (χ3n) is 2.44. The number of rotatable bonds is 4. The Labute approximate surface area is 111 Å². The van der Waals surface area contributed by atoms with Crippen LogP contribution in [0.1, 0.15) is 23.0 Å². The highest BCUT2D eigenvalue weighted by Crippen LogP contribution is 2.12. The SMILES string of the molecule is CCOc1cc(C(=O)Nc2cccc(C)c2)ncn1. The minimum absolute atomic E-state index is 0.278. The fourth-order valence-electron chi connectivity index (χ4n) is 1.61. The van der Waals surface area contributed by atoms with E-state index < -0.39 is 0 Å². The highest BCUT2D eigenvalue weighted by Gasteiger charge is 2.09. The summed E-state index contributed by atoms with van der Waals surface area (Å²) in [6, 6.07) is 9.09. The number of nitrogens with one attached hydrogen (secondary N) is 1. The van der Waals surface area contributed by atoms with E-state index in [1.54, 1.807) is 0 Å². The minimum Gasteiger partial charge on any atom is -0.478 e. The van der Waals surface area contributed by atoms with Crippen LogP contribution in [0.2, 0.25) is 0 Å². The lowest BCUT2D eigenvalue weighted by Crippen LogP contribution is -2.14. The van der Waals surface area contributed by atoms with Gasteiger partial charge in [-0.2, -0.15) is 0 Å². The topological polar surface area (TPSA) is 64.1 Å². The smallest absolute Gasteiger partial charge is 0.274 e. The van der Waals surface area contributed by atoms with Crippen LogP contribution in [0.4, 0.5) is 5.69 Å². The van der Waals surface area contributed by atoms with Gasteiger partial charge in [0.05, 0.1) is 6.61 Å². The molecule has 1 aromatic heterocycles. The van der Waals surface area contributed by atoms with Crippen LogP contribution >= 0.6 is 0 Å². The van der Waals surface area contributed by atoms with Crippen molar-refractivity contribution in [2.75, 3.05) is 11.9 Å². The fraction of sp³-hybridized carbons (Fsp3) is 0.214. The molecule has 2 aromatic rings. The normalized spacial score (nSPS) is 10.0. The van der Waals surface area contributed by atoms with Gasteiger partial charge >= 0.3 is 0 Å². The first kappa shape index (κ1) is 13.0. The second-order valence-corrected chi connectivity index (χ2v) is 4.00. The Balaban J connectivity index is 2.13. The van der Waals surface area contributed by atoms with Gasteiger partial charge in [0, 0.05) is 11.8 Å². The number of anilines is 1. The van der Waals surface area contributed by atoms with Crippen molar-refractivity contribution in [3.63, 3.8) is 0 Å². The van der Waals surface area contributed by atoms with Gasteiger partial charge in [0.2, 0.25) is 5.88 Å². The average Bonchev–Trinajstić information content (AvgIpc) is 2.39. The zero-order chi connectivity index (χ0) is 13.7. The second kappa shape index (κ2) is 5.95. The molecule has 5 heteroatoms. The fourth-order valence-corrected chi connectivity index (χ4v) is 1.61.